The first-order chi connectivity index (χ1) is 14.0. The summed E-state index contributed by atoms with van der Waals surface area (Å²) in [7, 11) is 4.04. The molecule has 0 spiro atoms. The predicted molar refractivity (Wildman–Crippen MR) is 115 cm³/mol. The van der Waals surface area contributed by atoms with Gasteiger partial charge in [0.15, 0.2) is 5.78 Å². The smallest absolute Gasteiger partial charge is 0.251 e. The van der Waals surface area contributed by atoms with Crippen LogP contribution in [0.4, 0.5) is 0 Å². The van der Waals surface area contributed by atoms with Crippen LogP contribution in [0.1, 0.15) is 31.8 Å². The highest BCUT2D eigenvalue weighted by Crippen LogP contribution is 2.36. The average molecular weight is 384 g/mol. The number of nitrogens with zero attached hydrogens (tertiary/aromatic N) is 1. The molecule has 4 heteroatoms. The maximum absolute atomic E-state index is 12.8. The zero-order valence-corrected chi connectivity index (χ0v) is 16.7. The lowest BCUT2D eigenvalue weighted by Crippen LogP contribution is -2.41. The number of hydrogen-bond donors (Lipinski definition) is 1. The zero-order chi connectivity index (χ0) is 20.4. The standard InChI is InChI=1S/C25H24N2O2/c1-27(2)19(14-17-8-4-3-5-9-17)16-26-25(29)18-12-13-21-20-10-6-7-11-22(20)24(28)23(21)15-18/h3-13,15,19H,14,16H2,1-2H3,(H,26,29). The summed E-state index contributed by atoms with van der Waals surface area (Å²) in [5.41, 5.74) is 4.90. The van der Waals surface area contributed by atoms with Crippen LogP contribution in [0.5, 0.6) is 0 Å². The topological polar surface area (TPSA) is 49.4 Å². The Balaban J connectivity index is 1.47. The van der Waals surface area contributed by atoms with E-state index in [1.165, 1.54) is 5.56 Å². The van der Waals surface area contributed by atoms with E-state index in [9.17, 15) is 9.59 Å². The Hall–Kier alpha value is -3.24. The van der Waals surface area contributed by atoms with E-state index in [1.807, 2.05) is 62.6 Å². The van der Waals surface area contributed by atoms with Crippen LogP contribution in [0.2, 0.25) is 0 Å². The van der Waals surface area contributed by atoms with Gasteiger partial charge in [0.1, 0.15) is 0 Å². The van der Waals surface area contributed by atoms with E-state index < -0.39 is 0 Å². The summed E-state index contributed by atoms with van der Waals surface area (Å²) in [6, 6.07) is 23.4. The number of ketones is 1. The summed E-state index contributed by atoms with van der Waals surface area (Å²) in [5, 5.41) is 3.04. The van der Waals surface area contributed by atoms with Gasteiger partial charge in [-0.05, 0) is 49.3 Å². The summed E-state index contributed by atoms with van der Waals surface area (Å²) >= 11 is 0. The lowest BCUT2D eigenvalue weighted by atomic mass is 10.0. The second-order valence-corrected chi connectivity index (χ2v) is 7.65. The number of carbonyl (C=O) groups excluding carboxylic acids is 2. The SMILES string of the molecule is CN(C)C(CNC(=O)c1ccc2c(c1)C(=O)c1ccccc1-2)Cc1ccccc1. The monoisotopic (exact) mass is 384 g/mol. The van der Waals surface area contributed by atoms with Crippen LogP contribution < -0.4 is 5.32 Å². The van der Waals surface area contributed by atoms with E-state index in [1.54, 1.807) is 12.1 Å². The molecule has 0 radical (unpaired) electrons. The molecule has 1 N–H and O–H groups in total. The van der Waals surface area contributed by atoms with Gasteiger partial charge in [0.2, 0.25) is 0 Å². The molecule has 0 saturated carbocycles. The van der Waals surface area contributed by atoms with Crippen molar-refractivity contribution in [1.82, 2.24) is 10.2 Å². The molecule has 1 atom stereocenters. The number of nitrogens with one attached hydrogen (secondary N) is 1. The van der Waals surface area contributed by atoms with Crippen molar-refractivity contribution in [1.29, 1.82) is 0 Å². The Bertz CT molecular complexity index is 1060. The Labute approximate surface area is 171 Å². The third-order valence-corrected chi connectivity index (χ3v) is 5.53. The Morgan fingerprint density at radius 3 is 2.24 bits per heavy atom. The van der Waals surface area contributed by atoms with E-state index in [4.69, 9.17) is 0 Å². The number of fused-ring (bicyclic) bond motifs is 3. The third-order valence-electron chi connectivity index (χ3n) is 5.53. The molecule has 0 heterocycles. The Morgan fingerprint density at radius 1 is 0.862 bits per heavy atom. The molecule has 0 aliphatic heterocycles. The highest BCUT2D eigenvalue weighted by Gasteiger charge is 2.27. The Morgan fingerprint density at radius 2 is 1.52 bits per heavy atom. The van der Waals surface area contributed by atoms with Crippen molar-refractivity contribution >= 4 is 11.7 Å². The summed E-state index contributed by atoms with van der Waals surface area (Å²) in [6.45, 7) is 0.534. The summed E-state index contributed by atoms with van der Waals surface area (Å²) in [6.07, 6.45) is 0.853. The highest BCUT2D eigenvalue weighted by molar-refractivity contribution is 6.22. The van der Waals surface area contributed by atoms with E-state index in [0.717, 1.165) is 17.5 Å². The molecule has 3 aromatic carbocycles. The van der Waals surface area contributed by atoms with Gasteiger partial charge in [-0.1, -0.05) is 60.7 Å². The first-order valence-electron chi connectivity index (χ1n) is 9.81. The molecule has 29 heavy (non-hydrogen) atoms. The minimum atomic E-state index is -0.156. The van der Waals surface area contributed by atoms with Gasteiger partial charge in [0.05, 0.1) is 0 Å². The number of amides is 1. The van der Waals surface area contributed by atoms with E-state index in [-0.39, 0.29) is 17.7 Å². The summed E-state index contributed by atoms with van der Waals surface area (Å²) in [4.78, 5) is 27.6. The van der Waals surface area contributed by atoms with E-state index in [0.29, 0.717) is 23.2 Å². The van der Waals surface area contributed by atoms with Crippen molar-refractivity contribution < 1.29 is 9.59 Å². The molecule has 0 fully saturated rings. The van der Waals surface area contributed by atoms with E-state index in [2.05, 4.69) is 22.3 Å². The van der Waals surface area contributed by atoms with Gasteiger partial charge in [-0.25, -0.2) is 0 Å². The minimum absolute atomic E-state index is 0.0134. The van der Waals surface area contributed by atoms with Crippen molar-refractivity contribution in [3.05, 3.63) is 95.1 Å². The zero-order valence-electron chi connectivity index (χ0n) is 16.7. The average Bonchev–Trinajstić information content (AvgIpc) is 3.03. The van der Waals surface area contributed by atoms with Gasteiger partial charge in [0, 0.05) is 29.3 Å². The molecule has 1 aliphatic rings. The van der Waals surface area contributed by atoms with Gasteiger partial charge in [-0.3, -0.25) is 9.59 Å². The van der Waals surface area contributed by atoms with Gasteiger partial charge in [-0.2, -0.15) is 0 Å². The lowest BCUT2D eigenvalue weighted by Gasteiger charge is -2.25. The minimum Gasteiger partial charge on any atom is -0.350 e. The summed E-state index contributed by atoms with van der Waals surface area (Å²) in [5.74, 6) is -0.169. The van der Waals surface area contributed by atoms with Crippen LogP contribution in [-0.2, 0) is 6.42 Å². The lowest BCUT2D eigenvalue weighted by molar-refractivity contribution is 0.0941. The molecule has 1 aliphatic carbocycles. The van der Waals surface area contributed by atoms with Crippen molar-refractivity contribution in [2.75, 3.05) is 20.6 Å². The van der Waals surface area contributed by atoms with Crippen molar-refractivity contribution in [2.45, 2.75) is 12.5 Å². The number of rotatable bonds is 6. The first kappa shape index (κ1) is 19.1. The molecule has 4 rings (SSSR count). The third kappa shape index (κ3) is 3.84. The summed E-state index contributed by atoms with van der Waals surface area (Å²) < 4.78 is 0. The highest BCUT2D eigenvalue weighted by atomic mass is 16.1. The quantitative estimate of drug-likeness (QED) is 0.550. The second kappa shape index (κ2) is 8.02. The number of carbonyl (C=O) groups is 2. The van der Waals surface area contributed by atoms with Crippen LogP contribution in [0.25, 0.3) is 11.1 Å². The van der Waals surface area contributed by atoms with Crippen molar-refractivity contribution in [3.63, 3.8) is 0 Å². The Kier molecular flexibility index (Phi) is 5.28. The van der Waals surface area contributed by atoms with Crippen molar-refractivity contribution in [3.8, 4) is 11.1 Å². The normalized spacial score (nSPS) is 13.1. The fraction of sp³-hybridized carbons (Fsp3) is 0.200. The van der Waals surface area contributed by atoms with Gasteiger partial charge in [0.25, 0.3) is 5.91 Å². The van der Waals surface area contributed by atoms with Gasteiger partial charge >= 0.3 is 0 Å². The molecule has 1 unspecified atom stereocenters. The van der Waals surface area contributed by atoms with Gasteiger partial charge in [-0.15, -0.1) is 0 Å². The molecule has 146 valence electrons. The molecule has 0 saturated heterocycles. The number of hydrogen-bond acceptors (Lipinski definition) is 3. The molecule has 4 nitrogen and oxygen atoms in total. The van der Waals surface area contributed by atoms with E-state index >= 15 is 0 Å². The van der Waals surface area contributed by atoms with Gasteiger partial charge < -0.3 is 10.2 Å². The molecule has 0 aromatic heterocycles. The van der Waals surface area contributed by atoms with Crippen LogP contribution in [-0.4, -0.2) is 43.3 Å². The van der Waals surface area contributed by atoms with Crippen LogP contribution in [0, 0.1) is 0 Å². The molecular weight excluding hydrogens is 360 g/mol. The molecular formula is C25H24N2O2. The number of likely N-dealkylation sites (N-methyl/N-ethyl adjacent to an activating group) is 1. The van der Waals surface area contributed by atoms with Crippen LogP contribution in [0.15, 0.2) is 72.8 Å². The van der Waals surface area contributed by atoms with Crippen LogP contribution >= 0.6 is 0 Å². The predicted octanol–water partition coefficient (Wildman–Crippen LogP) is 3.80. The van der Waals surface area contributed by atoms with Crippen molar-refractivity contribution in [2.24, 2.45) is 0 Å². The number of benzene rings is 3. The first-order valence-corrected chi connectivity index (χ1v) is 9.81. The maximum Gasteiger partial charge on any atom is 0.251 e. The largest absolute Gasteiger partial charge is 0.350 e. The molecule has 3 aromatic rings. The second-order valence-electron chi connectivity index (χ2n) is 7.65. The fourth-order valence-corrected chi connectivity index (χ4v) is 3.81. The fourth-order valence-electron chi connectivity index (χ4n) is 3.81. The molecule has 1 amide bonds. The molecule has 0 bridgehead atoms. The van der Waals surface area contributed by atoms with Crippen LogP contribution in [0.3, 0.4) is 0 Å². The maximum atomic E-state index is 12.8.